The highest BCUT2D eigenvalue weighted by atomic mass is 32.1. The van der Waals surface area contributed by atoms with Gasteiger partial charge in [-0.1, -0.05) is 11.3 Å². The fourth-order valence-corrected chi connectivity index (χ4v) is 5.19. The molecule has 1 amide bonds. The largest absolute Gasteiger partial charge is 0.349 e. The first-order valence-electron chi connectivity index (χ1n) is 9.02. The summed E-state index contributed by atoms with van der Waals surface area (Å²) in [5.74, 6) is 0.362. The minimum Gasteiger partial charge on any atom is -0.349 e. The number of nitrogens with one attached hydrogen (secondary N) is 2. The molecule has 0 radical (unpaired) electrons. The molecule has 2 N–H and O–H groups in total. The number of hydrogen-bond donors (Lipinski definition) is 2. The van der Waals surface area contributed by atoms with Crippen LogP contribution < -0.4 is 10.2 Å². The number of carbonyl (C=O) groups is 1. The highest BCUT2D eigenvalue weighted by Crippen LogP contribution is 2.35. The minimum absolute atomic E-state index is 0.171. The molecular formula is C19H20N6OS2. The van der Waals surface area contributed by atoms with Gasteiger partial charge in [0, 0.05) is 36.6 Å². The molecule has 4 aromatic heterocycles. The molecule has 0 atom stereocenters. The van der Waals surface area contributed by atoms with Crippen molar-refractivity contribution in [1.29, 1.82) is 0 Å². The van der Waals surface area contributed by atoms with Gasteiger partial charge in [-0.05, 0) is 39.0 Å². The highest BCUT2D eigenvalue weighted by molar-refractivity contribution is 7.29. The standard InChI is InChI=1S/C19H20N6OS2/c1-4-25(5-2)19-22-18-14(28-19)10-13(27-18)17(26)21-16-11(3)15(23-24-16)12-6-8-20-9-7-12/h6-10H,4-5H2,1-3H3,(H2,21,23,24,26). The number of aromatic amines is 1. The molecule has 144 valence electrons. The Hall–Kier alpha value is -2.78. The second kappa shape index (κ2) is 7.69. The van der Waals surface area contributed by atoms with Gasteiger partial charge in [-0.3, -0.25) is 14.9 Å². The van der Waals surface area contributed by atoms with Crippen LogP contribution in [0.4, 0.5) is 10.9 Å². The Labute approximate surface area is 170 Å². The lowest BCUT2D eigenvalue weighted by molar-refractivity contribution is 0.103. The van der Waals surface area contributed by atoms with E-state index in [1.165, 1.54) is 11.3 Å². The summed E-state index contributed by atoms with van der Waals surface area (Å²) in [6.07, 6.45) is 3.46. The first-order chi connectivity index (χ1) is 13.6. The SMILES string of the molecule is CCN(CC)c1nc2sc(C(=O)Nc3n[nH]c(-c4ccncc4)c3C)cc2s1. The molecule has 0 aliphatic rings. The zero-order valence-corrected chi connectivity index (χ0v) is 17.4. The van der Waals surface area contributed by atoms with E-state index in [2.05, 4.69) is 44.2 Å². The predicted octanol–water partition coefficient (Wildman–Crippen LogP) is 4.55. The first-order valence-corrected chi connectivity index (χ1v) is 10.7. The van der Waals surface area contributed by atoms with Crippen LogP contribution in [0.3, 0.4) is 0 Å². The molecule has 0 fully saturated rings. The zero-order chi connectivity index (χ0) is 19.7. The Morgan fingerprint density at radius 1 is 1.21 bits per heavy atom. The van der Waals surface area contributed by atoms with Crippen molar-refractivity contribution >= 4 is 49.1 Å². The summed E-state index contributed by atoms with van der Waals surface area (Å²) in [5.41, 5.74) is 2.74. The van der Waals surface area contributed by atoms with Crippen molar-refractivity contribution in [3.8, 4) is 11.3 Å². The topological polar surface area (TPSA) is 86.8 Å². The number of rotatable bonds is 6. The van der Waals surface area contributed by atoms with Gasteiger partial charge in [-0.15, -0.1) is 11.3 Å². The van der Waals surface area contributed by atoms with E-state index >= 15 is 0 Å². The first kappa shape index (κ1) is 18.6. The van der Waals surface area contributed by atoms with Crippen LogP contribution in [0.25, 0.3) is 20.8 Å². The Bertz CT molecular complexity index is 1080. The Morgan fingerprint density at radius 2 is 1.96 bits per heavy atom. The molecule has 9 heteroatoms. The number of hydrogen-bond acceptors (Lipinski definition) is 7. The average Bonchev–Trinajstić information content (AvgIpc) is 3.38. The van der Waals surface area contributed by atoms with Crippen molar-refractivity contribution in [2.24, 2.45) is 0 Å². The number of pyridine rings is 1. The lowest BCUT2D eigenvalue weighted by Crippen LogP contribution is -2.21. The van der Waals surface area contributed by atoms with Gasteiger partial charge in [0.1, 0.15) is 4.83 Å². The van der Waals surface area contributed by atoms with Gasteiger partial charge in [0.15, 0.2) is 10.9 Å². The van der Waals surface area contributed by atoms with Crippen molar-refractivity contribution in [3.63, 3.8) is 0 Å². The number of thiophene rings is 1. The van der Waals surface area contributed by atoms with Crippen molar-refractivity contribution in [2.75, 3.05) is 23.3 Å². The lowest BCUT2D eigenvalue weighted by atomic mass is 10.1. The molecule has 0 saturated heterocycles. The number of fused-ring (bicyclic) bond motifs is 1. The molecule has 7 nitrogen and oxygen atoms in total. The fraction of sp³-hybridized carbons (Fsp3) is 0.263. The monoisotopic (exact) mass is 412 g/mol. The Morgan fingerprint density at radius 3 is 2.64 bits per heavy atom. The van der Waals surface area contributed by atoms with Gasteiger partial charge in [0.25, 0.3) is 5.91 Å². The van der Waals surface area contributed by atoms with Crippen LogP contribution in [-0.4, -0.2) is 39.2 Å². The van der Waals surface area contributed by atoms with Gasteiger partial charge in [-0.2, -0.15) is 5.10 Å². The van der Waals surface area contributed by atoms with E-state index in [0.717, 1.165) is 44.6 Å². The normalized spacial score (nSPS) is 11.1. The molecule has 4 heterocycles. The van der Waals surface area contributed by atoms with Crippen LogP contribution >= 0.6 is 22.7 Å². The van der Waals surface area contributed by atoms with Gasteiger partial charge in [0.2, 0.25) is 0 Å². The van der Waals surface area contributed by atoms with Gasteiger partial charge in [0.05, 0.1) is 15.3 Å². The fourth-order valence-electron chi connectivity index (χ4n) is 2.95. The molecule has 0 bridgehead atoms. The maximum atomic E-state index is 12.7. The molecular weight excluding hydrogens is 392 g/mol. The smallest absolute Gasteiger partial charge is 0.267 e. The number of amides is 1. The maximum Gasteiger partial charge on any atom is 0.267 e. The third-order valence-electron chi connectivity index (χ3n) is 4.55. The molecule has 4 rings (SSSR count). The molecule has 0 spiro atoms. The second-order valence-electron chi connectivity index (χ2n) is 6.21. The molecule has 28 heavy (non-hydrogen) atoms. The summed E-state index contributed by atoms with van der Waals surface area (Å²) >= 11 is 3.03. The van der Waals surface area contributed by atoms with Crippen molar-refractivity contribution in [3.05, 3.63) is 41.0 Å². The van der Waals surface area contributed by atoms with Crippen LogP contribution in [0.15, 0.2) is 30.6 Å². The van der Waals surface area contributed by atoms with Gasteiger partial charge >= 0.3 is 0 Å². The van der Waals surface area contributed by atoms with E-state index in [1.54, 1.807) is 23.7 Å². The van der Waals surface area contributed by atoms with Crippen LogP contribution in [0.1, 0.15) is 29.1 Å². The average molecular weight is 413 g/mol. The van der Waals surface area contributed by atoms with E-state index in [0.29, 0.717) is 10.7 Å². The third-order valence-corrected chi connectivity index (χ3v) is 6.77. The van der Waals surface area contributed by atoms with Crippen LogP contribution in [-0.2, 0) is 0 Å². The van der Waals surface area contributed by atoms with E-state index in [4.69, 9.17) is 0 Å². The summed E-state index contributed by atoms with van der Waals surface area (Å²) < 4.78 is 1.04. The number of nitrogens with zero attached hydrogens (tertiary/aromatic N) is 4. The van der Waals surface area contributed by atoms with Crippen LogP contribution in [0.2, 0.25) is 0 Å². The lowest BCUT2D eigenvalue weighted by Gasteiger charge is -2.16. The summed E-state index contributed by atoms with van der Waals surface area (Å²) in [6.45, 7) is 8.00. The molecule has 0 unspecified atom stereocenters. The molecule has 0 aliphatic carbocycles. The number of aromatic nitrogens is 4. The predicted molar refractivity (Wildman–Crippen MR) is 116 cm³/mol. The summed E-state index contributed by atoms with van der Waals surface area (Å²) in [6, 6.07) is 5.71. The van der Waals surface area contributed by atoms with Crippen molar-refractivity contribution < 1.29 is 4.79 Å². The van der Waals surface area contributed by atoms with E-state index in [-0.39, 0.29) is 5.91 Å². The third kappa shape index (κ3) is 3.38. The van der Waals surface area contributed by atoms with E-state index in [9.17, 15) is 4.79 Å². The second-order valence-corrected chi connectivity index (χ2v) is 8.25. The van der Waals surface area contributed by atoms with E-state index < -0.39 is 0 Å². The zero-order valence-electron chi connectivity index (χ0n) is 15.8. The summed E-state index contributed by atoms with van der Waals surface area (Å²) in [7, 11) is 0. The Kier molecular flexibility index (Phi) is 5.10. The van der Waals surface area contributed by atoms with Crippen LogP contribution in [0, 0.1) is 6.92 Å². The molecule has 0 aliphatic heterocycles. The van der Waals surface area contributed by atoms with Crippen LogP contribution in [0.5, 0.6) is 0 Å². The molecule has 0 saturated carbocycles. The Balaban J connectivity index is 1.54. The molecule has 0 aromatic carbocycles. The van der Waals surface area contributed by atoms with E-state index in [1.807, 2.05) is 25.1 Å². The maximum absolute atomic E-state index is 12.7. The number of carbonyl (C=O) groups excluding carboxylic acids is 1. The number of anilines is 2. The number of thiazole rings is 1. The minimum atomic E-state index is -0.171. The van der Waals surface area contributed by atoms with Crippen molar-refractivity contribution in [1.82, 2.24) is 20.2 Å². The van der Waals surface area contributed by atoms with Gasteiger partial charge < -0.3 is 10.2 Å². The summed E-state index contributed by atoms with van der Waals surface area (Å²) in [4.78, 5) is 25.2. The summed E-state index contributed by atoms with van der Waals surface area (Å²) in [5, 5.41) is 11.2. The quantitative estimate of drug-likeness (QED) is 0.485. The highest BCUT2D eigenvalue weighted by Gasteiger charge is 2.18. The van der Waals surface area contributed by atoms with Crippen molar-refractivity contribution in [2.45, 2.75) is 20.8 Å². The number of H-pyrrole nitrogens is 1. The van der Waals surface area contributed by atoms with Gasteiger partial charge in [-0.25, -0.2) is 4.98 Å². The molecule has 4 aromatic rings.